The Labute approximate surface area is 120 Å². The van der Waals surface area contributed by atoms with E-state index in [0.717, 1.165) is 26.1 Å². The molecule has 0 spiro atoms. The van der Waals surface area contributed by atoms with Crippen LogP contribution in [0.3, 0.4) is 0 Å². The van der Waals surface area contributed by atoms with Crippen molar-refractivity contribution in [2.24, 2.45) is 11.8 Å². The zero-order chi connectivity index (χ0) is 13.9. The SMILES string of the molecule is C#CC1CN2CCC1CC2CNC(=O)N1CCOCC1. The third-order valence-corrected chi connectivity index (χ3v) is 4.88. The minimum atomic E-state index is 0.0458. The van der Waals surface area contributed by atoms with Gasteiger partial charge in [-0.05, 0) is 25.3 Å². The minimum Gasteiger partial charge on any atom is -0.378 e. The molecule has 1 N–H and O–H groups in total. The molecule has 20 heavy (non-hydrogen) atoms. The number of nitrogens with one attached hydrogen (secondary N) is 1. The second-order valence-corrected chi connectivity index (χ2v) is 5.99. The number of piperidine rings is 3. The van der Waals surface area contributed by atoms with E-state index in [1.165, 1.54) is 6.42 Å². The van der Waals surface area contributed by atoms with E-state index in [-0.39, 0.29) is 6.03 Å². The van der Waals surface area contributed by atoms with E-state index in [1.54, 1.807) is 0 Å². The van der Waals surface area contributed by atoms with Crippen molar-refractivity contribution >= 4 is 6.03 Å². The smallest absolute Gasteiger partial charge is 0.317 e. The highest BCUT2D eigenvalue weighted by Gasteiger charge is 2.39. The Hall–Kier alpha value is -1.25. The van der Waals surface area contributed by atoms with Gasteiger partial charge in [-0.15, -0.1) is 12.3 Å². The fraction of sp³-hybridized carbons (Fsp3) is 0.800. The average molecular weight is 277 g/mol. The van der Waals surface area contributed by atoms with Crippen molar-refractivity contribution < 1.29 is 9.53 Å². The first kappa shape index (κ1) is 13.7. The predicted octanol–water partition coefficient (Wildman–Crippen LogP) is 0.372. The van der Waals surface area contributed by atoms with Gasteiger partial charge in [0.05, 0.1) is 13.2 Å². The van der Waals surface area contributed by atoms with Crippen molar-refractivity contribution in [3.63, 3.8) is 0 Å². The predicted molar refractivity (Wildman–Crippen MR) is 76.2 cm³/mol. The maximum absolute atomic E-state index is 12.1. The van der Waals surface area contributed by atoms with Gasteiger partial charge in [0.2, 0.25) is 0 Å². The number of nitrogens with zero attached hydrogens (tertiary/aromatic N) is 2. The van der Waals surface area contributed by atoms with E-state index < -0.39 is 0 Å². The molecule has 0 saturated carbocycles. The van der Waals surface area contributed by atoms with Crippen LogP contribution in [0, 0.1) is 24.2 Å². The zero-order valence-corrected chi connectivity index (χ0v) is 11.9. The minimum absolute atomic E-state index is 0.0458. The third kappa shape index (κ3) is 2.77. The van der Waals surface area contributed by atoms with Crippen LogP contribution >= 0.6 is 0 Å². The number of amides is 2. The first-order valence-electron chi connectivity index (χ1n) is 7.58. The molecule has 5 nitrogen and oxygen atoms in total. The van der Waals surface area contributed by atoms with E-state index in [4.69, 9.17) is 11.2 Å². The topological polar surface area (TPSA) is 44.8 Å². The van der Waals surface area contributed by atoms with Crippen LogP contribution in [0.2, 0.25) is 0 Å². The summed E-state index contributed by atoms with van der Waals surface area (Å²) in [4.78, 5) is 16.4. The van der Waals surface area contributed by atoms with E-state index in [0.29, 0.717) is 44.2 Å². The Morgan fingerprint density at radius 1 is 1.35 bits per heavy atom. The maximum atomic E-state index is 12.1. The number of urea groups is 1. The second kappa shape index (κ2) is 6.02. The Bertz CT molecular complexity index is 400. The third-order valence-electron chi connectivity index (χ3n) is 4.88. The van der Waals surface area contributed by atoms with Crippen molar-refractivity contribution in [2.75, 3.05) is 45.9 Å². The number of hydrogen-bond donors (Lipinski definition) is 1. The van der Waals surface area contributed by atoms with Crippen LogP contribution in [0.4, 0.5) is 4.79 Å². The summed E-state index contributed by atoms with van der Waals surface area (Å²) < 4.78 is 5.26. The molecule has 4 aliphatic heterocycles. The van der Waals surface area contributed by atoms with Crippen LogP contribution in [0.25, 0.3) is 0 Å². The summed E-state index contributed by atoms with van der Waals surface area (Å²) in [5.41, 5.74) is 0. The Kier molecular flexibility index (Phi) is 4.13. The molecule has 5 heteroatoms. The van der Waals surface area contributed by atoms with E-state index in [2.05, 4.69) is 16.1 Å². The molecule has 0 aromatic rings. The molecule has 4 fully saturated rings. The first-order chi connectivity index (χ1) is 9.78. The molecule has 4 aliphatic rings. The lowest BCUT2D eigenvalue weighted by Gasteiger charge is -2.48. The van der Waals surface area contributed by atoms with Crippen molar-refractivity contribution in [1.29, 1.82) is 0 Å². The molecule has 0 aromatic carbocycles. The molecule has 4 saturated heterocycles. The number of carbonyl (C=O) groups is 1. The summed E-state index contributed by atoms with van der Waals surface area (Å²) in [6.45, 7) is 5.55. The lowest BCUT2D eigenvalue weighted by molar-refractivity contribution is 0.0216. The van der Waals surface area contributed by atoms with Crippen LogP contribution in [0.1, 0.15) is 12.8 Å². The maximum Gasteiger partial charge on any atom is 0.317 e. The zero-order valence-electron chi connectivity index (χ0n) is 11.9. The molecule has 4 heterocycles. The van der Waals surface area contributed by atoms with Gasteiger partial charge in [-0.25, -0.2) is 4.79 Å². The summed E-state index contributed by atoms with van der Waals surface area (Å²) in [5.74, 6) is 3.98. The Balaban J connectivity index is 1.47. The van der Waals surface area contributed by atoms with E-state index >= 15 is 0 Å². The number of morpholine rings is 1. The Morgan fingerprint density at radius 3 is 2.80 bits per heavy atom. The molecule has 0 radical (unpaired) electrons. The van der Waals surface area contributed by atoms with Crippen molar-refractivity contribution in [3.05, 3.63) is 0 Å². The number of rotatable bonds is 2. The fourth-order valence-electron chi connectivity index (χ4n) is 3.62. The fourth-order valence-corrected chi connectivity index (χ4v) is 3.62. The Morgan fingerprint density at radius 2 is 2.15 bits per heavy atom. The quantitative estimate of drug-likeness (QED) is 0.742. The highest BCUT2D eigenvalue weighted by atomic mass is 16.5. The first-order valence-corrected chi connectivity index (χ1v) is 7.58. The largest absolute Gasteiger partial charge is 0.378 e. The van der Waals surface area contributed by atoms with Gasteiger partial charge in [0.25, 0.3) is 0 Å². The van der Waals surface area contributed by atoms with Gasteiger partial charge in [-0.2, -0.15) is 0 Å². The monoisotopic (exact) mass is 277 g/mol. The summed E-state index contributed by atoms with van der Waals surface area (Å²) >= 11 is 0. The van der Waals surface area contributed by atoms with Crippen LogP contribution < -0.4 is 5.32 Å². The number of fused-ring (bicyclic) bond motifs is 3. The molecule has 2 bridgehead atoms. The van der Waals surface area contributed by atoms with Gasteiger partial charge in [0.15, 0.2) is 0 Å². The molecular formula is C15H23N3O2. The van der Waals surface area contributed by atoms with Crippen LogP contribution in [0.5, 0.6) is 0 Å². The molecule has 2 amide bonds. The summed E-state index contributed by atoms with van der Waals surface area (Å²) in [6, 6.07) is 0.507. The van der Waals surface area contributed by atoms with Crippen LogP contribution in [-0.2, 0) is 4.74 Å². The van der Waals surface area contributed by atoms with Gasteiger partial charge < -0.3 is 15.0 Å². The van der Waals surface area contributed by atoms with E-state index in [1.807, 2.05) is 4.90 Å². The summed E-state index contributed by atoms with van der Waals surface area (Å²) in [7, 11) is 0. The summed E-state index contributed by atoms with van der Waals surface area (Å²) in [5, 5.41) is 3.08. The van der Waals surface area contributed by atoms with Crippen LogP contribution in [-0.4, -0.2) is 67.8 Å². The lowest BCUT2D eigenvalue weighted by atomic mass is 9.76. The second-order valence-electron chi connectivity index (χ2n) is 5.99. The number of carbonyl (C=O) groups excluding carboxylic acids is 1. The number of ether oxygens (including phenoxy) is 1. The van der Waals surface area contributed by atoms with Gasteiger partial charge in [0, 0.05) is 38.1 Å². The highest BCUT2D eigenvalue weighted by Crippen LogP contribution is 2.35. The number of hydrogen-bond acceptors (Lipinski definition) is 3. The molecule has 4 unspecified atom stereocenters. The van der Waals surface area contributed by atoms with Crippen molar-refractivity contribution in [1.82, 2.24) is 15.1 Å². The standard InChI is InChI=1S/C15H23N3O2/c1-2-12-11-18-4-3-13(12)9-14(18)10-16-15(19)17-5-7-20-8-6-17/h1,12-14H,3-11H2,(H,16,19). The van der Waals surface area contributed by atoms with Crippen molar-refractivity contribution in [2.45, 2.75) is 18.9 Å². The number of terminal acetylenes is 1. The van der Waals surface area contributed by atoms with Gasteiger partial charge in [-0.1, -0.05) is 0 Å². The summed E-state index contributed by atoms with van der Waals surface area (Å²) in [6.07, 6.45) is 7.92. The van der Waals surface area contributed by atoms with Crippen molar-refractivity contribution in [3.8, 4) is 12.3 Å². The molecule has 4 rings (SSSR count). The molecule has 4 atom stereocenters. The van der Waals surface area contributed by atoms with Gasteiger partial charge in [-0.3, -0.25) is 4.90 Å². The van der Waals surface area contributed by atoms with Crippen LogP contribution in [0.15, 0.2) is 0 Å². The highest BCUT2D eigenvalue weighted by molar-refractivity contribution is 5.74. The lowest BCUT2D eigenvalue weighted by Crippen LogP contribution is -2.57. The molecule has 0 aromatic heterocycles. The van der Waals surface area contributed by atoms with Gasteiger partial charge >= 0.3 is 6.03 Å². The molecular weight excluding hydrogens is 254 g/mol. The average Bonchev–Trinajstić information content (AvgIpc) is 2.53. The van der Waals surface area contributed by atoms with Gasteiger partial charge in [0.1, 0.15) is 0 Å². The molecule has 110 valence electrons. The molecule has 0 aliphatic carbocycles. The van der Waals surface area contributed by atoms with E-state index in [9.17, 15) is 4.79 Å². The normalized spacial score (nSPS) is 36.5.